The molecule has 24 heavy (non-hydrogen) atoms. The number of ether oxygens (including phenoxy) is 2. The van der Waals surface area contributed by atoms with Crippen molar-refractivity contribution in [1.82, 2.24) is 4.90 Å². The molecule has 0 saturated carbocycles. The van der Waals surface area contributed by atoms with Crippen LogP contribution >= 0.6 is 0 Å². The molecule has 1 fully saturated rings. The highest BCUT2D eigenvalue weighted by Crippen LogP contribution is 2.23. The maximum Gasteiger partial charge on any atom is 0.410 e. The molecule has 0 aromatic heterocycles. The van der Waals surface area contributed by atoms with Crippen LogP contribution in [0.15, 0.2) is 30.3 Å². The average Bonchev–Trinajstić information content (AvgIpc) is 2.81. The van der Waals surface area contributed by atoms with E-state index in [0.717, 1.165) is 10.5 Å². The van der Waals surface area contributed by atoms with Gasteiger partial charge in [-0.3, -0.25) is 9.69 Å². The first-order valence-corrected chi connectivity index (χ1v) is 7.56. The molecule has 7 nitrogen and oxygen atoms in total. The molecule has 0 radical (unpaired) electrons. The molecular weight excluding hydrogens is 314 g/mol. The summed E-state index contributed by atoms with van der Waals surface area (Å²) >= 11 is 0. The highest BCUT2D eigenvalue weighted by molar-refractivity contribution is 6.11. The number of ketones is 1. The Labute approximate surface area is 140 Å². The van der Waals surface area contributed by atoms with E-state index < -0.39 is 42.1 Å². The quantitative estimate of drug-likeness (QED) is 0.661. The number of rotatable bonds is 3. The SMILES string of the molecule is CC(C)(C)OC(=O)[C@]1(O)CN(C(=O)OCc2ccccc2)CC1=O. The van der Waals surface area contributed by atoms with E-state index in [9.17, 15) is 19.5 Å². The van der Waals surface area contributed by atoms with Crippen LogP contribution in [0.25, 0.3) is 0 Å². The van der Waals surface area contributed by atoms with Gasteiger partial charge in [-0.15, -0.1) is 0 Å². The summed E-state index contributed by atoms with van der Waals surface area (Å²) in [5.41, 5.74) is -2.41. The number of aliphatic hydroxyl groups is 1. The Morgan fingerprint density at radius 3 is 2.46 bits per heavy atom. The molecule has 1 aliphatic rings. The normalized spacial score (nSPS) is 20.8. The largest absolute Gasteiger partial charge is 0.457 e. The topological polar surface area (TPSA) is 93.1 Å². The fraction of sp³-hybridized carbons (Fsp3) is 0.471. The molecule has 2 rings (SSSR count). The highest BCUT2D eigenvalue weighted by atomic mass is 16.6. The minimum Gasteiger partial charge on any atom is -0.457 e. The van der Waals surface area contributed by atoms with Gasteiger partial charge in [-0.1, -0.05) is 30.3 Å². The molecule has 1 aromatic carbocycles. The minimum absolute atomic E-state index is 0.0369. The van der Waals surface area contributed by atoms with E-state index in [0.29, 0.717) is 0 Å². The van der Waals surface area contributed by atoms with E-state index in [1.165, 1.54) is 0 Å². The zero-order chi connectivity index (χ0) is 18.0. The number of carbonyl (C=O) groups is 3. The van der Waals surface area contributed by atoms with Crippen LogP contribution < -0.4 is 0 Å². The lowest BCUT2D eigenvalue weighted by Gasteiger charge is -2.26. The van der Waals surface area contributed by atoms with Gasteiger partial charge in [-0.05, 0) is 26.3 Å². The highest BCUT2D eigenvalue weighted by Gasteiger charge is 2.54. The Hall–Kier alpha value is -2.41. The van der Waals surface area contributed by atoms with E-state index in [-0.39, 0.29) is 6.61 Å². The molecule has 0 unspecified atom stereocenters. The van der Waals surface area contributed by atoms with Gasteiger partial charge >= 0.3 is 12.1 Å². The number of esters is 1. The molecule has 1 aromatic rings. The van der Waals surface area contributed by atoms with Crippen LogP contribution in [0.1, 0.15) is 26.3 Å². The molecule has 1 heterocycles. The summed E-state index contributed by atoms with van der Waals surface area (Å²) in [4.78, 5) is 37.1. The number of hydrogen-bond acceptors (Lipinski definition) is 6. The molecule has 1 aliphatic heterocycles. The van der Waals surface area contributed by atoms with Crippen molar-refractivity contribution in [3.8, 4) is 0 Å². The van der Waals surface area contributed by atoms with Gasteiger partial charge in [0.05, 0.1) is 13.1 Å². The van der Waals surface area contributed by atoms with Gasteiger partial charge in [0.1, 0.15) is 12.2 Å². The number of hydrogen-bond donors (Lipinski definition) is 1. The van der Waals surface area contributed by atoms with Gasteiger partial charge in [-0.2, -0.15) is 0 Å². The summed E-state index contributed by atoms with van der Waals surface area (Å²) in [5, 5.41) is 10.3. The number of likely N-dealkylation sites (tertiary alicyclic amines) is 1. The van der Waals surface area contributed by atoms with Crippen LogP contribution in [0.3, 0.4) is 0 Å². The van der Waals surface area contributed by atoms with Crippen LogP contribution in [-0.4, -0.2) is 52.1 Å². The van der Waals surface area contributed by atoms with Crippen molar-refractivity contribution >= 4 is 17.8 Å². The second-order valence-electron chi connectivity index (χ2n) is 6.68. The first-order valence-electron chi connectivity index (χ1n) is 7.56. The van der Waals surface area contributed by atoms with E-state index >= 15 is 0 Å². The fourth-order valence-corrected chi connectivity index (χ4v) is 2.21. The van der Waals surface area contributed by atoms with Crippen molar-refractivity contribution in [3.05, 3.63) is 35.9 Å². The molecule has 1 amide bonds. The summed E-state index contributed by atoms with van der Waals surface area (Å²) in [7, 11) is 0. The number of Topliss-reactive ketones (excluding diaryl/α,β-unsaturated/α-hetero) is 1. The van der Waals surface area contributed by atoms with Gasteiger partial charge in [0.2, 0.25) is 5.60 Å². The molecule has 0 spiro atoms. The van der Waals surface area contributed by atoms with Gasteiger partial charge < -0.3 is 14.6 Å². The molecule has 1 N–H and O–H groups in total. The van der Waals surface area contributed by atoms with Crippen LogP contribution in [0.2, 0.25) is 0 Å². The second-order valence-corrected chi connectivity index (χ2v) is 6.68. The first kappa shape index (κ1) is 17.9. The molecular formula is C17H21NO6. The number of carbonyl (C=O) groups excluding carboxylic acids is 3. The summed E-state index contributed by atoms with van der Waals surface area (Å²) < 4.78 is 10.2. The lowest BCUT2D eigenvalue weighted by Crippen LogP contribution is -2.50. The Morgan fingerprint density at radius 1 is 1.25 bits per heavy atom. The van der Waals surface area contributed by atoms with Crippen molar-refractivity contribution in [3.63, 3.8) is 0 Å². The third-order valence-electron chi connectivity index (χ3n) is 3.42. The van der Waals surface area contributed by atoms with E-state index in [1.54, 1.807) is 32.9 Å². The van der Waals surface area contributed by atoms with Gasteiger partial charge in [-0.25, -0.2) is 9.59 Å². The molecule has 0 aliphatic carbocycles. The van der Waals surface area contributed by atoms with Gasteiger partial charge in [0, 0.05) is 0 Å². The number of benzene rings is 1. The number of β-amino-alcohol motifs (C(OH)–C–C–N with tert-alkyl or cyclic N) is 1. The van der Waals surface area contributed by atoms with Crippen LogP contribution in [0, 0.1) is 0 Å². The lowest BCUT2D eigenvalue weighted by molar-refractivity contribution is -0.177. The average molecular weight is 335 g/mol. The summed E-state index contributed by atoms with van der Waals surface area (Å²) in [5.74, 6) is -1.84. The van der Waals surface area contributed by atoms with Crippen molar-refractivity contribution < 1.29 is 29.0 Å². The molecule has 1 atom stereocenters. The van der Waals surface area contributed by atoms with E-state index in [1.807, 2.05) is 18.2 Å². The minimum atomic E-state index is -2.35. The standard InChI is InChI=1S/C17H21NO6/c1-16(2,3)24-14(20)17(22)11-18(9-13(17)19)15(21)23-10-12-7-5-4-6-8-12/h4-8,22H,9-11H2,1-3H3/t17-/m0/s1. The number of amides is 1. The van der Waals surface area contributed by atoms with Crippen LogP contribution in [-0.2, 0) is 25.7 Å². The summed E-state index contributed by atoms with van der Waals surface area (Å²) in [6, 6.07) is 9.04. The Kier molecular flexibility index (Phi) is 4.94. The predicted octanol–water partition coefficient (Wildman–Crippen LogP) is 1.28. The maximum absolute atomic E-state index is 12.1. The fourth-order valence-electron chi connectivity index (χ4n) is 2.21. The Balaban J connectivity index is 1.98. The number of nitrogens with zero attached hydrogens (tertiary/aromatic N) is 1. The summed E-state index contributed by atoms with van der Waals surface area (Å²) in [6.45, 7) is 4.03. The molecule has 130 valence electrons. The lowest BCUT2D eigenvalue weighted by atomic mass is 10.0. The Morgan fingerprint density at radius 2 is 1.88 bits per heavy atom. The zero-order valence-electron chi connectivity index (χ0n) is 13.9. The van der Waals surface area contributed by atoms with Gasteiger partial charge in [0.15, 0.2) is 5.78 Å². The third-order valence-corrected chi connectivity index (χ3v) is 3.42. The Bertz CT molecular complexity index is 636. The van der Waals surface area contributed by atoms with Crippen LogP contribution in [0.5, 0.6) is 0 Å². The molecule has 1 saturated heterocycles. The monoisotopic (exact) mass is 335 g/mol. The second kappa shape index (κ2) is 6.60. The zero-order valence-corrected chi connectivity index (χ0v) is 13.9. The van der Waals surface area contributed by atoms with Gasteiger partial charge in [0.25, 0.3) is 0 Å². The van der Waals surface area contributed by atoms with Crippen molar-refractivity contribution in [2.45, 2.75) is 38.6 Å². The summed E-state index contributed by atoms with van der Waals surface area (Å²) in [6.07, 6.45) is -0.772. The molecule has 0 bridgehead atoms. The van der Waals surface area contributed by atoms with Crippen molar-refractivity contribution in [2.24, 2.45) is 0 Å². The molecule has 7 heteroatoms. The maximum atomic E-state index is 12.1. The van der Waals surface area contributed by atoms with Crippen molar-refractivity contribution in [2.75, 3.05) is 13.1 Å². The predicted molar refractivity (Wildman–Crippen MR) is 84.0 cm³/mol. The first-order chi connectivity index (χ1) is 11.1. The van der Waals surface area contributed by atoms with Crippen LogP contribution in [0.4, 0.5) is 4.79 Å². The third kappa shape index (κ3) is 4.11. The van der Waals surface area contributed by atoms with E-state index in [2.05, 4.69) is 0 Å². The van der Waals surface area contributed by atoms with Crippen molar-refractivity contribution in [1.29, 1.82) is 0 Å². The smallest absolute Gasteiger partial charge is 0.410 e. The van der Waals surface area contributed by atoms with E-state index in [4.69, 9.17) is 9.47 Å².